The first-order valence-electron chi connectivity index (χ1n) is 8.06. The Balaban J connectivity index is 1.72. The lowest BCUT2D eigenvalue weighted by atomic mass is 10.1. The first-order chi connectivity index (χ1) is 10.7. The van der Waals surface area contributed by atoms with E-state index in [-0.39, 0.29) is 5.78 Å². The fourth-order valence-corrected chi connectivity index (χ4v) is 3.27. The van der Waals surface area contributed by atoms with Crippen LogP contribution in [0.3, 0.4) is 0 Å². The van der Waals surface area contributed by atoms with Crippen molar-refractivity contribution in [1.82, 2.24) is 4.98 Å². The number of ether oxygens (including phenoxy) is 1. The maximum absolute atomic E-state index is 12.7. The fourth-order valence-electron chi connectivity index (χ4n) is 3.27. The summed E-state index contributed by atoms with van der Waals surface area (Å²) in [5.74, 6) is 1.00. The van der Waals surface area contributed by atoms with E-state index in [1.54, 1.807) is 12.0 Å². The molecule has 3 N–H and O–H groups in total. The van der Waals surface area contributed by atoms with Crippen molar-refractivity contribution in [2.24, 2.45) is 0 Å². The van der Waals surface area contributed by atoms with Crippen molar-refractivity contribution in [3.05, 3.63) is 30.0 Å². The summed E-state index contributed by atoms with van der Waals surface area (Å²) >= 11 is 0. The largest absolute Gasteiger partial charge is 0.497 e. The van der Waals surface area contributed by atoms with Gasteiger partial charge in [0.2, 0.25) is 5.78 Å². The van der Waals surface area contributed by atoms with Crippen molar-refractivity contribution < 1.29 is 19.3 Å². The molecule has 2 heterocycles. The maximum Gasteiger partial charge on any atom is 0.219 e. The van der Waals surface area contributed by atoms with Crippen molar-refractivity contribution in [3.63, 3.8) is 0 Å². The Labute approximate surface area is 130 Å². The molecule has 0 amide bonds. The average Bonchev–Trinajstić information content (AvgIpc) is 2.98. The Morgan fingerprint density at radius 3 is 2.64 bits per heavy atom. The molecule has 1 saturated heterocycles. The summed E-state index contributed by atoms with van der Waals surface area (Å²) in [6.07, 6.45) is 1.83. The van der Waals surface area contributed by atoms with Crippen LogP contribution < -0.4 is 14.5 Å². The van der Waals surface area contributed by atoms with Crippen molar-refractivity contribution >= 4 is 16.7 Å². The molecule has 0 atom stereocenters. The highest BCUT2D eigenvalue weighted by Crippen LogP contribution is 2.23. The van der Waals surface area contributed by atoms with Crippen molar-refractivity contribution in [2.75, 3.05) is 46.4 Å². The summed E-state index contributed by atoms with van der Waals surface area (Å²) in [6.45, 7) is 8.50. The SMILES string of the molecule is CC[NH+]1CC[NH+](CC(=O)c2c[nH]c3ccc(OC)cc23)CC1. The Kier molecular flexibility index (Phi) is 4.45. The zero-order valence-corrected chi connectivity index (χ0v) is 13.4. The Morgan fingerprint density at radius 2 is 1.95 bits per heavy atom. The van der Waals surface area contributed by atoms with Gasteiger partial charge >= 0.3 is 0 Å². The number of carbonyl (C=O) groups is 1. The number of Topliss-reactive ketones (excluding diaryl/α,β-unsaturated/α-hetero) is 1. The zero-order chi connectivity index (χ0) is 15.5. The van der Waals surface area contributed by atoms with Gasteiger partial charge in [0.25, 0.3) is 0 Å². The summed E-state index contributed by atoms with van der Waals surface area (Å²) in [6, 6.07) is 5.81. The van der Waals surface area contributed by atoms with Crippen LogP contribution in [-0.2, 0) is 0 Å². The number of hydrogen-bond donors (Lipinski definition) is 3. The Bertz CT molecular complexity index is 657. The number of carbonyl (C=O) groups excluding carboxylic acids is 1. The van der Waals surface area contributed by atoms with Crippen molar-refractivity contribution in [3.8, 4) is 5.75 Å². The minimum Gasteiger partial charge on any atom is -0.497 e. The second-order valence-electron chi connectivity index (χ2n) is 6.07. The quantitative estimate of drug-likeness (QED) is 0.631. The molecule has 1 aromatic carbocycles. The standard InChI is InChI=1S/C17H23N3O2/c1-3-19-6-8-20(9-7-19)12-17(21)15-11-18-16-5-4-13(22-2)10-14(15)16/h4-5,10-11,18H,3,6-9,12H2,1-2H3/p+2. The van der Waals surface area contributed by atoms with Gasteiger partial charge in [-0.3, -0.25) is 4.79 Å². The lowest BCUT2D eigenvalue weighted by Crippen LogP contribution is -3.28. The fraction of sp³-hybridized carbons (Fsp3) is 0.471. The van der Waals surface area contributed by atoms with E-state index in [0.717, 1.165) is 35.3 Å². The van der Waals surface area contributed by atoms with Gasteiger partial charge in [-0.2, -0.15) is 0 Å². The predicted octanol–water partition coefficient (Wildman–Crippen LogP) is -0.837. The number of quaternary nitrogens is 2. The molecule has 5 heteroatoms. The molecule has 22 heavy (non-hydrogen) atoms. The van der Waals surface area contributed by atoms with E-state index in [4.69, 9.17) is 4.74 Å². The number of fused-ring (bicyclic) bond motifs is 1. The number of nitrogens with one attached hydrogen (secondary N) is 3. The van der Waals surface area contributed by atoms with E-state index in [1.807, 2.05) is 24.4 Å². The van der Waals surface area contributed by atoms with Gasteiger partial charge in [0.1, 0.15) is 38.5 Å². The number of methoxy groups -OCH3 is 1. The van der Waals surface area contributed by atoms with Gasteiger partial charge in [0.15, 0.2) is 0 Å². The van der Waals surface area contributed by atoms with Crippen LogP contribution in [0, 0.1) is 0 Å². The summed E-state index contributed by atoms with van der Waals surface area (Å²) < 4.78 is 5.27. The van der Waals surface area contributed by atoms with Gasteiger partial charge in [0.05, 0.1) is 13.7 Å². The van der Waals surface area contributed by atoms with Crippen LogP contribution in [0.4, 0.5) is 0 Å². The number of rotatable bonds is 5. The molecule has 1 aliphatic heterocycles. The van der Waals surface area contributed by atoms with E-state index in [9.17, 15) is 4.79 Å². The van der Waals surface area contributed by atoms with Gasteiger partial charge in [-0.15, -0.1) is 0 Å². The van der Waals surface area contributed by atoms with Gasteiger partial charge in [-0.25, -0.2) is 0 Å². The summed E-state index contributed by atoms with van der Waals surface area (Å²) in [5, 5.41) is 0.960. The minimum atomic E-state index is 0.217. The molecule has 3 rings (SSSR count). The number of likely N-dealkylation sites (N-methyl/N-ethyl adjacent to an activating group) is 1. The molecule has 0 radical (unpaired) electrons. The van der Waals surface area contributed by atoms with E-state index < -0.39 is 0 Å². The first-order valence-corrected chi connectivity index (χ1v) is 8.06. The number of hydrogen-bond acceptors (Lipinski definition) is 2. The van der Waals surface area contributed by atoms with Crippen LogP contribution in [-0.4, -0.2) is 57.1 Å². The van der Waals surface area contributed by atoms with E-state index in [1.165, 1.54) is 24.5 Å². The Hall–Kier alpha value is -1.85. The second kappa shape index (κ2) is 6.50. The smallest absolute Gasteiger partial charge is 0.219 e. The molecule has 1 aliphatic rings. The van der Waals surface area contributed by atoms with Gasteiger partial charge < -0.3 is 19.5 Å². The lowest BCUT2D eigenvalue weighted by molar-refractivity contribution is -1.01. The second-order valence-corrected chi connectivity index (χ2v) is 6.07. The van der Waals surface area contributed by atoms with Crippen LogP contribution >= 0.6 is 0 Å². The van der Waals surface area contributed by atoms with Crippen LogP contribution in [0.2, 0.25) is 0 Å². The molecular formula is C17H25N3O2+2. The molecule has 0 bridgehead atoms. The number of piperazine rings is 1. The highest BCUT2D eigenvalue weighted by atomic mass is 16.5. The van der Waals surface area contributed by atoms with Crippen LogP contribution in [0.15, 0.2) is 24.4 Å². The average molecular weight is 303 g/mol. The summed E-state index contributed by atoms with van der Waals surface area (Å²) in [5.41, 5.74) is 1.77. The topological polar surface area (TPSA) is 51.0 Å². The lowest BCUT2D eigenvalue weighted by Gasteiger charge is -2.28. The number of ketones is 1. The third-order valence-corrected chi connectivity index (χ3v) is 4.76. The first kappa shape index (κ1) is 15.1. The number of benzene rings is 1. The minimum absolute atomic E-state index is 0.217. The third kappa shape index (κ3) is 3.00. The highest BCUT2D eigenvalue weighted by Gasteiger charge is 2.25. The molecule has 0 aliphatic carbocycles. The zero-order valence-electron chi connectivity index (χ0n) is 13.4. The molecule has 118 valence electrons. The van der Waals surface area contributed by atoms with Crippen LogP contribution in [0.5, 0.6) is 5.75 Å². The van der Waals surface area contributed by atoms with E-state index >= 15 is 0 Å². The predicted molar refractivity (Wildman–Crippen MR) is 86.0 cm³/mol. The molecule has 2 aromatic rings. The molecule has 0 saturated carbocycles. The van der Waals surface area contributed by atoms with Gasteiger partial charge in [-0.1, -0.05) is 0 Å². The van der Waals surface area contributed by atoms with Gasteiger partial charge in [0, 0.05) is 22.7 Å². The molecular weight excluding hydrogens is 278 g/mol. The number of aromatic amines is 1. The molecule has 1 aromatic heterocycles. The summed E-state index contributed by atoms with van der Waals surface area (Å²) in [7, 11) is 1.65. The third-order valence-electron chi connectivity index (χ3n) is 4.76. The Morgan fingerprint density at radius 1 is 1.23 bits per heavy atom. The monoisotopic (exact) mass is 303 g/mol. The molecule has 5 nitrogen and oxygen atoms in total. The normalized spacial score (nSPS) is 21.9. The van der Waals surface area contributed by atoms with Gasteiger partial charge in [-0.05, 0) is 25.1 Å². The maximum atomic E-state index is 12.7. The molecule has 0 unspecified atom stereocenters. The molecule has 1 fully saturated rings. The van der Waals surface area contributed by atoms with Crippen LogP contribution in [0.1, 0.15) is 17.3 Å². The highest BCUT2D eigenvalue weighted by molar-refractivity contribution is 6.08. The van der Waals surface area contributed by atoms with E-state index in [2.05, 4.69) is 11.9 Å². The molecule has 0 spiro atoms. The van der Waals surface area contributed by atoms with Crippen molar-refractivity contribution in [1.29, 1.82) is 0 Å². The van der Waals surface area contributed by atoms with E-state index in [0.29, 0.717) is 6.54 Å². The van der Waals surface area contributed by atoms with Crippen molar-refractivity contribution in [2.45, 2.75) is 6.92 Å². The number of H-pyrrole nitrogens is 1. The number of aromatic nitrogens is 1. The summed E-state index contributed by atoms with van der Waals surface area (Å²) in [4.78, 5) is 18.9. The van der Waals surface area contributed by atoms with Crippen LogP contribution in [0.25, 0.3) is 10.9 Å².